The molecule has 4 rings (SSSR count). The monoisotopic (exact) mass is 399 g/mol. The maximum atomic E-state index is 12.1. The number of likely N-dealkylation sites (tertiary alicyclic amines) is 1. The van der Waals surface area contributed by atoms with Crippen molar-refractivity contribution >= 4 is 11.6 Å². The highest BCUT2D eigenvalue weighted by atomic mass is 16.6. The van der Waals surface area contributed by atoms with Gasteiger partial charge in [0.1, 0.15) is 17.9 Å². The molecule has 1 fully saturated rings. The molecule has 9 heteroatoms. The summed E-state index contributed by atoms with van der Waals surface area (Å²) in [5, 5.41) is 3.99. The van der Waals surface area contributed by atoms with Gasteiger partial charge >= 0.3 is 6.09 Å². The van der Waals surface area contributed by atoms with E-state index in [4.69, 9.17) is 14.0 Å². The fraction of sp³-hybridized carbons (Fsp3) is 0.500. The lowest BCUT2D eigenvalue weighted by molar-refractivity contribution is -0.0190. The van der Waals surface area contributed by atoms with Crippen LogP contribution in [0.3, 0.4) is 0 Å². The number of hydrogen-bond donors (Lipinski definition) is 0. The smallest absolute Gasteiger partial charge is 0.410 e. The van der Waals surface area contributed by atoms with Gasteiger partial charge in [-0.15, -0.1) is 0 Å². The van der Waals surface area contributed by atoms with Gasteiger partial charge < -0.3 is 23.3 Å². The van der Waals surface area contributed by atoms with Crippen molar-refractivity contribution in [2.45, 2.75) is 51.9 Å². The Morgan fingerprint density at radius 2 is 2.10 bits per heavy atom. The second-order valence-electron chi connectivity index (χ2n) is 8.11. The van der Waals surface area contributed by atoms with E-state index in [2.05, 4.69) is 15.1 Å². The van der Waals surface area contributed by atoms with E-state index in [1.54, 1.807) is 11.2 Å². The van der Waals surface area contributed by atoms with E-state index < -0.39 is 5.60 Å². The fourth-order valence-electron chi connectivity index (χ4n) is 3.19. The highest BCUT2D eigenvalue weighted by Crippen LogP contribution is 2.20. The van der Waals surface area contributed by atoms with Gasteiger partial charge in [-0.3, -0.25) is 0 Å². The van der Waals surface area contributed by atoms with E-state index in [9.17, 15) is 4.79 Å². The van der Waals surface area contributed by atoms with Crippen molar-refractivity contribution < 1.29 is 18.8 Å². The molecule has 3 aromatic rings. The average Bonchev–Trinajstić information content (AvgIpc) is 3.34. The Labute approximate surface area is 168 Å². The number of carbonyl (C=O) groups excluding carboxylic acids is 1. The zero-order chi connectivity index (χ0) is 20.4. The number of piperidine rings is 1. The first-order valence-corrected chi connectivity index (χ1v) is 9.72. The zero-order valence-electron chi connectivity index (χ0n) is 16.9. The Kier molecular flexibility index (Phi) is 5.23. The minimum atomic E-state index is -0.484. The van der Waals surface area contributed by atoms with E-state index >= 15 is 0 Å². The lowest BCUT2D eigenvalue weighted by Gasteiger charge is -2.33. The molecule has 0 radical (unpaired) electrons. The third-order valence-corrected chi connectivity index (χ3v) is 4.65. The molecule has 0 aliphatic carbocycles. The van der Waals surface area contributed by atoms with Gasteiger partial charge in [0.25, 0.3) is 5.89 Å². The van der Waals surface area contributed by atoms with E-state index in [-0.39, 0.29) is 18.8 Å². The lowest BCUT2D eigenvalue weighted by Crippen LogP contribution is -2.43. The van der Waals surface area contributed by atoms with Gasteiger partial charge in [0, 0.05) is 24.8 Å². The van der Waals surface area contributed by atoms with Crippen molar-refractivity contribution in [3.63, 3.8) is 0 Å². The Morgan fingerprint density at radius 3 is 2.86 bits per heavy atom. The summed E-state index contributed by atoms with van der Waals surface area (Å²) >= 11 is 0. The first-order chi connectivity index (χ1) is 13.9. The molecule has 9 nitrogen and oxygen atoms in total. The summed E-state index contributed by atoms with van der Waals surface area (Å²) in [5.41, 5.74) is 1.14. The van der Waals surface area contributed by atoms with Crippen LogP contribution in [0.2, 0.25) is 0 Å². The minimum absolute atomic E-state index is 0.0471. The van der Waals surface area contributed by atoms with Crippen LogP contribution in [0.4, 0.5) is 4.79 Å². The van der Waals surface area contributed by atoms with Crippen LogP contribution < -0.4 is 0 Å². The predicted octanol–water partition coefficient (Wildman–Crippen LogP) is 3.30. The molecule has 0 atom stereocenters. The lowest BCUT2D eigenvalue weighted by atomic mass is 10.1. The number of fused-ring (bicyclic) bond motifs is 1. The van der Waals surface area contributed by atoms with Crippen LogP contribution >= 0.6 is 0 Å². The summed E-state index contributed by atoms with van der Waals surface area (Å²) in [7, 11) is 0. The molecule has 3 aromatic heterocycles. The minimum Gasteiger partial charge on any atom is -0.444 e. The quantitative estimate of drug-likeness (QED) is 0.664. The van der Waals surface area contributed by atoms with E-state index in [1.165, 1.54) is 0 Å². The summed E-state index contributed by atoms with van der Waals surface area (Å²) in [4.78, 5) is 22.6. The maximum Gasteiger partial charge on any atom is 0.410 e. The molecule has 0 spiro atoms. The van der Waals surface area contributed by atoms with Crippen LogP contribution in [0.1, 0.15) is 39.4 Å². The van der Waals surface area contributed by atoms with E-state index in [0.29, 0.717) is 30.5 Å². The normalized spacial score (nSPS) is 15.8. The van der Waals surface area contributed by atoms with Crippen molar-refractivity contribution in [3.05, 3.63) is 36.5 Å². The summed E-state index contributed by atoms with van der Waals surface area (Å²) < 4.78 is 18.6. The molecule has 1 saturated heterocycles. The van der Waals surface area contributed by atoms with Crippen molar-refractivity contribution in [2.24, 2.45) is 0 Å². The Hall–Kier alpha value is -2.94. The van der Waals surface area contributed by atoms with Gasteiger partial charge in [-0.05, 0) is 51.8 Å². The topological polar surface area (TPSA) is 95.0 Å². The molecule has 0 N–H and O–H groups in total. The van der Waals surface area contributed by atoms with Crippen LogP contribution in [0.5, 0.6) is 0 Å². The van der Waals surface area contributed by atoms with Crippen LogP contribution in [-0.4, -0.2) is 55.3 Å². The maximum absolute atomic E-state index is 12.1. The highest BCUT2D eigenvalue weighted by molar-refractivity contribution is 5.68. The second-order valence-corrected chi connectivity index (χ2v) is 8.11. The van der Waals surface area contributed by atoms with Gasteiger partial charge in [0.05, 0.1) is 12.4 Å². The van der Waals surface area contributed by atoms with Crippen LogP contribution in [-0.2, 0) is 16.1 Å². The van der Waals surface area contributed by atoms with Crippen LogP contribution in [0.25, 0.3) is 17.1 Å². The average molecular weight is 399 g/mol. The summed E-state index contributed by atoms with van der Waals surface area (Å²) in [6.45, 7) is 7.08. The molecule has 0 saturated carbocycles. The van der Waals surface area contributed by atoms with Crippen molar-refractivity contribution in [2.75, 3.05) is 13.1 Å². The van der Waals surface area contributed by atoms with Crippen molar-refractivity contribution in [3.8, 4) is 11.6 Å². The van der Waals surface area contributed by atoms with Crippen molar-refractivity contribution in [1.82, 2.24) is 24.4 Å². The number of ether oxygens (including phenoxy) is 2. The summed E-state index contributed by atoms with van der Waals surface area (Å²) in [6.07, 6.45) is 4.90. The number of hydrogen-bond acceptors (Lipinski definition) is 7. The molecule has 1 aliphatic rings. The second kappa shape index (κ2) is 7.82. The number of amides is 1. The first-order valence-electron chi connectivity index (χ1n) is 9.72. The van der Waals surface area contributed by atoms with Crippen molar-refractivity contribution in [1.29, 1.82) is 0 Å². The Morgan fingerprint density at radius 1 is 1.31 bits per heavy atom. The number of carbonyl (C=O) groups is 1. The molecule has 0 bridgehead atoms. The highest BCUT2D eigenvalue weighted by Gasteiger charge is 2.27. The molecule has 154 valence electrons. The third-order valence-electron chi connectivity index (χ3n) is 4.65. The van der Waals surface area contributed by atoms with Gasteiger partial charge in [0.15, 0.2) is 5.82 Å². The molecule has 1 aliphatic heterocycles. The molecular weight excluding hydrogens is 374 g/mol. The van der Waals surface area contributed by atoms with Gasteiger partial charge in [-0.2, -0.15) is 4.98 Å². The third kappa shape index (κ3) is 4.73. The first kappa shape index (κ1) is 19.4. The summed E-state index contributed by atoms with van der Waals surface area (Å²) in [5.74, 6) is 0.846. The van der Waals surface area contributed by atoms with Crippen LogP contribution in [0.15, 0.2) is 35.2 Å². The molecule has 1 amide bonds. The standard InChI is InChI=1S/C20H25N5O4/c1-20(2,3)28-19(26)24-9-6-15(7-10-24)27-12-17-22-18(29-23-17)16-11-14-5-4-8-25(14)13-21-16/h4-5,8,11,13,15H,6-7,9-10,12H2,1-3H3. The van der Waals surface area contributed by atoms with Crippen LogP contribution in [0, 0.1) is 0 Å². The zero-order valence-corrected chi connectivity index (χ0v) is 16.9. The predicted molar refractivity (Wildman–Crippen MR) is 104 cm³/mol. The fourth-order valence-corrected chi connectivity index (χ4v) is 3.19. The largest absolute Gasteiger partial charge is 0.444 e. The van der Waals surface area contributed by atoms with Gasteiger partial charge in [-0.1, -0.05) is 5.16 Å². The molecule has 0 unspecified atom stereocenters. The summed E-state index contributed by atoms with van der Waals surface area (Å²) in [6, 6.07) is 5.82. The molecular formula is C20H25N5O4. The molecule has 4 heterocycles. The van der Waals surface area contributed by atoms with Gasteiger partial charge in [-0.25, -0.2) is 9.78 Å². The SMILES string of the molecule is CC(C)(C)OC(=O)N1CCC(OCc2noc(-c3cc4cccn4cn3)n2)CC1. The van der Waals surface area contributed by atoms with E-state index in [1.807, 2.05) is 49.6 Å². The Bertz CT molecular complexity index is 982. The Balaban J connectivity index is 1.28. The van der Waals surface area contributed by atoms with Gasteiger partial charge in [0.2, 0.25) is 0 Å². The molecule has 29 heavy (non-hydrogen) atoms. The number of aromatic nitrogens is 4. The number of rotatable bonds is 4. The molecule has 0 aromatic carbocycles. The van der Waals surface area contributed by atoms with E-state index in [0.717, 1.165) is 18.4 Å². The number of nitrogens with zero attached hydrogens (tertiary/aromatic N) is 5.